The number of tetrazole rings is 1. The van der Waals surface area contributed by atoms with Crippen LogP contribution in [0.1, 0.15) is 35.9 Å². The van der Waals surface area contributed by atoms with Crippen molar-refractivity contribution in [1.29, 1.82) is 0 Å². The Bertz CT molecular complexity index is 603. The summed E-state index contributed by atoms with van der Waals surface area (Å²) < 4.78 is 5.46. The Hall–Kier alpha value is -2.31. The zero-order valence-corrected chi connectivity index (χ0v) is 11.2. The summed E-state index contributed by atoms with van der Waals surface area (Å²) in [5.41, 5.74) is 0.561. The minimum atomic E-state index is -0.0197. The van der Waals surface area contributed by atoms with E-state index in [1.54, 1.807) is 16.9 Å². The molecule has 0 amide bonds. The average molecular weight is 273 g/mol. The van der Waals surface area contributed by atoms with E-state index in [1.807, 2.05) is 0 Å². The van der Waals surface area contributed by atoms with Crippen LogP contribution in [-0.4, -0.2) is 31.0 Å². The van der Waals surface area contributed by atoms with Gasteiger partial charge in [-0.15, -0.1) is 10.2 Å². The van der Waals surface area contributed by atoms with Crippen LogP contribution < -0.4 is 4.74 Å². The zero-order valence-electron chi connectivity index (χ0n) is 11.2. The molecule has 0 aromatic carbocycles. The van der Waals surface area contributed by atoms with E-state index in [9.17, 15) is 4.79 Å². The molecule has 0 N–H and O–H groups in total. The predicted molar refractivity (Wildman–Crippen MR) is 69.1 cm³/mol. The summed E-state index contributed by atoms with van der Waals surface area (Å²) in [6.07, 6.45) is 3.99. The number of ether oxygens (including phenoxy) is 1. The van der Waals surface area contributed by atoms with Crippen LogP contribution in [0.5, 0.6) is 5.88 Å². The van der Waals surface area contributed by atoms with Crippen LogP contribution in [0, 0.1) is 5.92 Å². The Morgan fingerprint density at radius 3 is 2.95 bits per heavy atom. The van der Waals surface area contributed by atoms with Crippen molar-refractivity contribution >= 4 is 5.78 Å². The SMILES string of the molecule is CC(=O)c1ccc(OCc2nnn(CC3CC3)n2)nc1. The molecule has 7 nitrogen and oxygen atoms in total. The smallest absolute Gasteiger partial charge is 0.213 e. The lowest BCUT2D eigenvalue weighted by Crippen LogP contribution is -2.05. The van der Waals surface area contributed by atoms with Gasteiger partial charge in [-0.2, -0.15) is 4.80 Å². The van der Waals surface area contributed by atoms with Crippen molar-refractivity contribution in [1.82, 2.24) is 25.2 Å². The van der Waals surface area contributed by atoms with Crippen molar-refractivity contribution in [3.8, 4) is 5.88 Å². The van der Waals surface area contributed by atoms with E-state index in [0.29, 0.717) is 23.2 Å². The Morgan fingerprint density at radius 1 is 1.45 bits per heavy atom. The predicted octanol–water partition coefficient (Wildman–Crippen LogP) is 1.26. The van der Waals surface area contributed by atoms with Crippen molar-refractivity contribution in [2.75, 3.05) is 0 Å². The van der Waals surface area contributed by atoms with Gasteiger partial charge in [-0.25, -0.2) is 4.98 Å². The molecule has 2 aromatic heterocycles. The summed E-state index contributed by atoms with van der Waals surface area (Å²) in [7, 11) is 0. The maximum atomic E-state index is 11.1. The maximum Gasteiger partial charge on any atom is 0.213 e. The highest BCUT2D eigenvalue weighted by Crippen LogP contribution is 2.29. The van der Waals surface area contributed by atoms with Gasteiger partial charge in [-0.05, 0) is 37.0 Å². The zero-order chi connectivity index (χ0) is 13.9. The van der Waals surface area contributed by atoms with Crippen LogP contribution in [-0.2, 0) is 13.2 Å². The van der Waals surface area contributed by atoms with Gasteiger partial charge in [0.15, 0.2) is 12.4 Å². The Morgan fingerprint density at radius 2 is 2.30 bits per heavy atom. The van der Waals surface area contributed by atoms with E-state index < -0.39 is 0 Å². The second kappa shape index (κ2) is 5.36. The highest BCUT2D eigenvalue weighted by Gasteiger charge is 2.22. The fourth-order valence-electron chi connectivity index (χ4n) is 1.76. The largest absolute Gasteiger partial charge is 0.469 e. The van der Waals surface area contributed by atoms with Crippen LogP contribution in [0.25, 0.3) is 0 Å². The van der Waals surface area contributed by atoms with Crippen molar-refractivity contribution in [2.24, 2.45) is 5.92 Å². The first-order chi connectivity index (χ1) is 9.70. The molecule has 2 aromatic rings. The van der Waals surface area contributed by atoms with Gasteiger partial charge in [0.25, 0.3) is 0 Å². The van der Waals surface area contributed by atoms with Gasteiger partial charge in [0, 0.05) is 17.8 Å². The summed E-state index contributed by atoms with van der Waals surface area (Å²) in [5.74, 6) is 1.66. The highest BCUT2D eigenvalue weighted by molar-refractivity contribution is 5.93. The number of rotatable bonds is 6. The topological polar surface area (TPSA) is 82.8 Å². The van der Waals surface area contributed by atoms with Crippen LogP contribution in [0.2, 0.25) is 0 Å². The molecule has 3 rings (SSSR count). The van der Waals surface area contributed by atoms with Crippen LogP contribution in [0.3, 0.4) is 0 Å². The standard InChI is InChI=1S/C13H15N5O2/c1-9(19)11-4-5-13(14-6-11)20-8-12-15-17-18(16-12)7-10-2-3-10/h4-6,10H,2-3,7-8H2,1H3. The molecule has 0 radical (unpaired) electrons. The van der Waals surface area contributed by atoms with Crippen LogP contribution in [0.15, 0.2) is 18.3 Å². The number of Topliss-reactive ketones (excluding diaryl/α,β-unsaturated/α-hetero) is 1. The van der Waals surface area contributed by atoms with Crippen molar-refractivity contribution in [3.63, 3.8) is 0 Å². The van der Waals surface area contributed by atoms with Crippen LogP contribution >= 0.6 is 0 Å². The fourth-order valence-corrected chi connectivity index (χ4v) is 1.76. The lowest BCUT2D eigenvalue weighted by Gasteiger charge is -2.02. The number of carbonyl (C=O) groups excluding carboxylic acids is 1. The first kappa shape index (κ1) is 12.7. The van der Waals surface area contributed by atoms with Gasteiger partial charge >= 0.3 is 0 Å². The molecule has 1 aliphatic rings. The maximum absolute atomic E-state index is 11.1. The van der Waals surface area contributed by atoms with Crippen molar-refractivity contribution in [2.45, 2.75) is 32.9 Å². The van der Waals surface area contributed by atoms with E-state index in [0.717, 1.165) is 6.54 Å². The molecule has 0 atom stereocenters. The lowest BCUT2D eigenvalue weighted by molar-refractivity contribution is 0.101. The first-order valence-corrected chi connectivity index (χ1v) is 6.57. The normalized spacial score (nSPS) is 14.2. The Balaban J connectivity index is 1.55. The van der Waals surface area contributed by atoms with E-state index in [4.69, 9.17) is 4.74 Å². The van der Waals surface area contributed by atoms with Gasteiger partial charge in [-0.3, -0.25) is 4.79 Å². The van der Waals surface area contributed by atoms with Gasteiger partial charge in [0.1, 0.15) is 0 Å². The van der Waals surface area contributed by atoms with Gasteiger partial charge < -0.3 is 4.74 Å². The van der Waals surface area contributed by atoms with Crippen LogP contribution in [0.4, 0.5) is 0 Å². The number of hydrogen-bond donors (Lipinski definition) is 0. The van der Waals surface area contributed by atoms with E-state index >= 15 is 0 Å². The quantitative estimate of drug-likeness (QED) is 0.737. The number of carbonyl (C=O) groups is 1. The second-order valence-corrected chi connectivity index (χ2v) is 4.93. The molecule has 1 fully saturated rings. The average Bonchev–Trinajstić information content (AvgIpc) is 3.14. The number of aromatic nitrogens is 5. The highest BCUT2D eigenvalue weighted by atomic mass is 16.5. The summed E-state index contributed by atoms with van der Waals surface area (Å²) in [6.45, 7) is 2.55. The number of ketones is 1. The van der Waals surface area contributed by atoms with Gasteiger partial charge in [0.05, 0.1) is 6.54 Å². The summed E-state index contributed by atoms with van der Waals surface area (Å²) in [5, 5.41) is 12.1. The summed E-state index contributed by atoms with van der Waals surface area (Å²) in [6, 6.07) is 3.34. The molecule has 2 heterocycles. The monoisotopic (exact) mass is 273 g/mol. The van der Waals surface area contributed by atoms with Crippen molar-refractivity contribution in [3.05, 3.63) is 29.7 Å². The molecule has 1 aliphatic carbocycles. The second-order valence-electron chi connectivity index (χ2n) is 4.93. The number of hydrogen-bond acceptors (Lipinski definition) is 6. The summed E-state index contributed by atoms with van der Waals surface area (Å²) >= 11 is 0. The molecule has 1 saturated carbocycles. The molecule has 104 valence electrons. The number of pyridine rings is 1. The molecular weight excluding hydrogens is 258 g/mol. The molecular formula is C13H15N5O2. The Labute approximate surface area is 116 Å². The fraction of sp³-hybridized carbons (Fsp3) is 0.462. The number of nitrogens with zero attached hydrogens (tertiary/aromatic N) is 5. The minimum Gasteiger partial charge on any atom is -0.469 e. The third-order valence-corrected chi connectivity index (χ3v) is 3.10. The molecule has 0 bridgehead atoms. The lowest BCUT2D eigenvalue weighted by atomic mass is 10.2. The third kappa shape index (κ3) is 3.17. The van der Waals surface area contributed by atoms with Crippen molar-refractivity contribution < 1.29 is 9.53 Å². The van der Waals surface area contributed by atoms with E-state index in [-0.39, 0.29) is 12.4 Å². The Kier molecular flexibility index (Phi) is 3.41. The minimum absolute atomic E-state index is 0.0197. The molecule has 0 unspecified atom stereocenters. The molecule has 0 saturated heterocycles. The first-order valence-electron chi connectivity index (χ1n) is 6.57. The van der Waals surface area contributed by atoms with E-state index in [2.05, 4.69) is 20.4 Å². The molecule has 0 aliphatic heterocycles. The van der Waals surface area contributed by atoms with Gasteiger partial charge in [-0.1, -0.05) is 0 Å². The molecule has 20 heavy (non-hydrogen) atoms. The molecule has 7 heteroatoms. The third-order valence-electron chi connectivity index (χ3n) is 3.10. The van der Waals surface area contributed by atoms with Gasteiger partial charge in [0.2, 0.25) is 11.7 Å². The summed E-state index contributed by atoms with van der Waals surface area (Å²) in [4.78, 5) is 16.8. The molecule has 0 spiro atoms. The van der Waals surface area contributed by atoms with E-state index in [1.165, 1.54) is 26.0 Å².